The van der Waals surface area contributed by atoms with Crippen LogP contribution in [0.15, 0.2) is 36.7 Å². The van der Waals surface area contributed by atoms with Crippen molar-refractivity contribution < 1.29 is 27.8 Å². The van der Waals surface area contributed by atoms with E-state index in [-0.39, 0.29) is 17.1 Å². The third-order valence-corrected chi connectivity index (χ3v) is 2.56. The van der Waals surface area contributed by atoms with Gasteiger partial charge in [0.25, 0.3) is 0 Å². The summed E-state index contributed by atoms with van der Waals surface area (Å²) in [5, 5.41) is 10.2. The van der Waals surface area contributed by atoms with Crippen LogP contribution in [0.2, 0.25) is 0 Å². The summed E-state index contributed by atoms with van der Waals surface area (Å²) in [6.45, 7) is 0. The number of aromatic nitrogens is 2. The van der Waals surface area contributed by atoms with Crippen LogP contribution < -0.4 is 9.47 Å². The number of methoxy groups -OCH3 is 1. The Morgan fingerprint density at radius 2 is 1.95 bits per heavy atom. The van der Waals surface area contributed by atoms with Crippen LogP contribution in [0.25, 0.3) is 0 Å². The molecule has 0 saturated carbocycles. The number of hydrogen-bond acceptors (Lipinski definition) is 5. The van der Waals surface area contributed by atoms with Gasteiger partial charge in [0.15, 0.2) is 0 Å². The minimum absolute atomic E-state index is 0.200. The molecule has 0 saturated heterocycles. The van der Waals surface area contributed by atoms with E-state index in [1.807, 2.05) is 0 Å². The van der Waals surface area contributed by atoms with Crippen LogP contribution in [-0.4, -0.2) is 28.5 Å². The van der Waals surface area contributed by atoms with Crippen LogP contribution in [0.4, 0.5) is 13.2 Å². The van der Waals surface area contributed by atoms with E-state index in [0.29, 0.717) is 0 Å². The summed E-state index contributed by atoms with van der Waals surface area (Å²) < 4.78 is 45.2. The molecule has 0 aliphatic heterocycles. The first kappa shape index (κ1) is 15.0. The van der Waals surface area contributed by atoms with E-state index in [4.69, 9.17) is 4.74 Å². The van der Waals surface area contributed by atoms with Crippen LogP contribution in [0.3, 0.4) is 0 Å². The summed E-state index contributed by atoms with van der Waals surface area (Å²) in [6.07, 6.45) is -4.83. The van der Waals surface area contributed by atoms with Crippen molar-refractivity contribution in [3.05, 3.63) is 47.9 Å². The van der Waals surface area contributed by atoms with Crippen LogP contribution in [-0.2, 0) is 0 Å². The number of nitrogens with zero attached hydrogens (tertiary/aromatic N) is 2. The van der Waals surface area contributed by atoms with E-state index in [9.17, 15) is 18.3 Å². The normalized spacial score (nSPS) is 12.8. The predicted octanol–water partition coefficient (Wildman–Crippen LogP) is 2.47. The Hall–Kier alpha value is -2.35. The van der Waals surface area contributed by atoms with E-state index >= 15 is 0 Å². The lowest BCUT2D eigenvalue weighted by molar-refractivity contribution is -0.274. The van der Waals surface area contributed by atoms with Crippen molar-refractivity contribution in [2.75, 3.05) is 7.11 Å². The van der Waals surface area contributed by atoms with Crippen molar-refractivity contribution in [2.45, 2.75) is 12.5 Å². The van der Waals surface area contributed by atoms with E-state index in [0.717, 1.165) is 12.1 Å². The Morgan fingerprint density at radius 3 is 2.62 bits per heavy atom. The fourth-order valence-corrected chi connectivity index (χ4v) is 1.67. The van der Waals surface area contributed by atoms with Crippen molar-refractivity contribution in [3.8, 4) is 11.6 Å². The monoisotopic (exact) mass is 300 g/mol. The molecule has 2 rings (SSSR count). The SMILES string of the molecule is COc1cc(C(O)c2cccc(OC(F)(F)F)c2)ncn1. The number of halogens is 3. The molecule has 0 aliphatic carbocycles. The molecule has 2 aromatic rings. The van der Waals surface area contributed by atoms with E-state index in [2.05, 4.69) is 14.7 Å². The molecule has 0 radical (unpaired) electrons. The standard InChI is InChI=1S/C13H11F3N2O3/c1-20-11-6-10(17-7-18-11)12(19)8-3-2-4-9(5-8)21-13(14,15)16/h2-7,12,19H,1H3. The fraction of sp³-hybridized carbons (Fsp3) is 0.231. The molecular weight excluding hydrogens is 289 g/mol. The quantitative estimate of drug-likeness (QED) is 0.939. The molecule has 0 fully saturated rings. The molecule has 1 heterocycles. The molecular formula is C13H11F3N2O3. The molecule has 8 heteroatoms. The maximum Gasteiger partial charge on any atom is 0.573 e. The minimum Gasteiger partial charge on any atom is -0.481 e. The number of benzene rings is 1. The molecule has 0 aliphatic rings. The van der Waals surface area contributed by atoms with Gasteiger partial charge < -0.3 is 14.6 Å². The first-order valence-corrected chi connectivity index (χ1v) is 5.79. The summed E-state index contributed by atoms with van der Waals surface area (Å²) in [5.74, 6) is -0.179. The molecule has 1 atom stereocenters. The Morgan fingerprint density at radius 1 is 1.19 bits per heavy atom. The van der Waals surface area contributed by atoms with Gasteiger partial charge in [0.05, 0.1) is 12.8 Å². The molecule has 0 amide bonds. The van der Waals surface area contributed by atoms with Crippen LogP contribution in [0.1, 0.15) is 17.4 Å². The second-order valence-corrected chi connectivity index (χ2v) is 4.01. The topological polar surface area (TPSA) is 64.5 Å². The highest BCUT2D eigenvalue weighted by Crippen LogP contribution is 2.28. The first-order chi connectivity index (χ1) is 9.89. The van der Waals surface area contributed by atoms with E-state index < -0.39 is 18.2 Å². The number of rotatable bonds is 4. The average molecular weight is 300 g/mol. The second kappa shape index (κ2) is 5.96. The molecule has 112 valence electrons. The largest absolute Gasteiger partial charge is 0.573 e. The van der Waals surface area contributed by atoms with Crippen LogP contribution >= 0.6 is 0 Å². The van der Waals surface area contributed by atoms with E-state index in [1.54, 1.807) is 0 Å². The third kappa shape index (κ3) is 4.06. The zero-order valence-electron chi connectivity index (χ0n) is 10.8. The highest BCUT2D eigenvalue weighted by molar-refractivity contribution is 5.34. The third-order valence-electron chi connectivity index (χ3n) is 2.56. The van der Waals surface area contributed by atoms with Gasteiger partial charge >= 0.3 is 6.36 Å². The number of aliphatic hydroxyl groups excluding tert-OH is 1. The lowest BCUT2D eigenvalue weighted by Crippen LogP contribution is -2.17. The van der Waals surface area contributed by atoms with Gasteiger partial charge in [0.1, 0.15) is 18.2 Å². The molecule has 21 heavy (non-hydrogen) atoms. The van der Waals surface area contributed by atoms with Gasteiger partial charge in [-0.25, -0.2) is 9.97 Å². The van der Waals surface area contributed by atoms with Gasteiger partial charge in [-0.05, 0) is 17.7 Å². The van der Waals surface area contributed by atoms with Crippen molar-refractivity contribution in [2.24, 2.45) is 0 Å². The maximum absolute atomic E-state index is 12.2. The van der Waals surface area contributed by atoms with Gasteiger partial charge in [0, 0.05) is 6.07 Å². The molecule has 1 unspecified atom stereocenters. The minimum atomic E-state index is -4.79. The Bertz CT molecular complexity index is 620. The summed E-state index contributed by atoms with van der Waals surface area (Å²) in [5.41, 5.74) is 0.406. The summed E-state index contributed by atoms with van der Waals surface area (Å²) in [4.78, 5) is 7.65. The Kier molecular flexibility index (Phi) is 4.27. The highest BCUT2D eigenvalue weighted by Gasteiger charge is 2.31. The Labute approximate surface area is 118 Å². The van der Waals surface area contributed by atoms with Gasteiger partial charge in [-0.2, -0.15) is 0 Å². The predicted molar refractivity (Wildman–Crippen MR) is 65.8 cm³/mol. The molecule has 1 aromatic heterocycles. The summed E-state index contributed by atoms with van der Waals surface area (Å²) in [7, 11) is 1.40. The van der Waals surface area contributed by atoms with Gasteiger partial charge in [0.2, 0.25) is 5.88 Å². The highest BCUT2D eigenvalue weighted by atomic mass is 19.4. The summed E-state index contributed by atoms with van der Waals surface area (Å²) >= 11 is 0. The molecule has 0 spiro atoms. The number of ether oxygens (including phenoxy) is 2. The van der Waals surface area contributed by atoms with Gasteiger partial charge in [-0.1, -0.05) is 12.1 Å². The summed E-state index contributed by atoms with van der Waals surface area (Å²) in [6, 6.07) is 6.43. The van der Waals surface area contributed by atoms with Crippen LogP contribution in [0, 0.1) is 0 Å². The smallest absolute Gasteiger partial charge is 0.481 e. The van der Waals surface area contributed by atoms with Crippen molar-refractivity contribution in [1.29, 1.82) is 0 Å². The number of alkyl halides is 3. The van der Waals surface area contributed by atoms with Crippen molar-refractivity contribution in [3.63, 3.8) is 0 Å². The van der Waals surface area contributed by atoms with Crippen molar-refractivity contribution >= 4 is 0 Å². The number of hydrogen-bond donors (Lipinski definition) is 1. The maximum atomic E-state index is 12.2. The zero-order valence-corrected chi connectivity index (χ0v) is 10.8. The lowest BCUT2D eigenvalue weighted by atomic mass is 10.1. The van der Waals surface area contributed by atoms with Crippen molar-refractivity contribution in [1.82, 2.24) is 9.97 Å². The molecule has 5 nitrogen and oxygen atoms in total. The first-order valence-electron chi connectivity index (χ1n) is 5.79. The average Bonchev–Trinajstić information content (AvgIpc) is 2.45. The van der Waals surface area contributed by atoms with E-state index in [1.165, 1.54) is 31.6 Å². The zero-order chi connectivity index (χ0) is 15.5. The van der Waals surface area contributed by atoms with Gasteiger partial charge in [-0.15, -0.1) is 13.2 Å². The lowest BCUT2D eigenvalue weighted by Gasteiger charge is -2.13. The number of aliphatic hydroxyl groups is 1. The van der Waals surface area contributed by atoms with Crippen LogP contribution in [0.5, 0.6) is 11.6 Å². The Balaban J connectivity index is 2.26. The molecule has 1 aromatic carbocycles. The second-order valence-electron chi connectivity index (χ2n) is 4.01. The molecule has 0 bridgehead atoms. The van der Waals surface area contributed by atoms with Gasteiger partial charge in [-0.3, -0.25) is 0 Å². The fourth-order valence-electron chi connectivity index (χ4n) is 1.67. The molecule has 1 N–H and O–H groups in total.